The van der Waals surface area contributed by atoms with Crippen LogP contribution in [0.15, 0.2) is 18.2 Å². The van der Waals surface area contributed by atoms with Gasteiger partial charge in [0, 0.05) is 19.2 Å². The van der Waals surface area contributed by atoms with Crippen molar-refractivity contribution in [2.75, 3.05) is 13.2 Å². The van der Waals surface area contributed by atoms with Gasteiger partial charge in [-0.15, -0.1) is 0 Å². The van der Waals surface area contributed by atoms with E-state index in [1.807, 2.05) is 6.07 Å². The Labute approximate surface area is 108 Å². The Hall–Kier alpha value is -0.930. The summed E-state index contributed by atoms with van der Waals surface area (Å²) in [5, 5.41) is 12.5. The summed E-state index contributed by atoms with van der Waals surface area (Å²) >= 11 is 0. The van der Waals surface area contributed by atoms with Gasteiger partial charge < -0.3 is 10.4 Å². The third kappa shape index (κ3) is 3.09. The normalized spacial score (nSPS) is 19.0. The van der Waals surface area contributed by atoms with Gasteiger partial charge in [-0.2, -0.15) is 0 Å². The van der Waals surface area contributed by atoms with Crippen molar-refractivity contribution in [2.24, 2.45) is 5.41 Å². The van der Waals surface area contributed by atoms with E-state index in [0.717, 1.165) is 31.4 Å². The fraction of sp³-hybridized carbons (Fsp3) is 0.600. The maximum absolute atomic E-state index is 13.3. The second kappa shape index (κ2) is 5.37. The first-order valence-corrected chi connectivity index (χ1v) is 6.64. The van der Waals surface area contributed by atoms with Gasteiger partial charge in [-0.3, -0.25) is 0 Å². The SMILES string of the molecule is CC(C)(CCO)CNC1CCc2ccc(F)cc21. The Bertz CT molecular complexity index is 417. The van der Waals surface area contributed by atoms with Crippen molar-refractivity contribution in [3.63, 3.8) is 0 Å². The highest BCUT2D eigenvalue weighted by Gasteiger charge is 2.25. The molecule has 0 fully saturated rings. The van der Waals surface area contributed by atoms with Crippen LogP contribution in [0.4, 0.5) is 4.39 Å². The van der Waals surface area contributed by atoms with Crippen molar-refractivity contribution >= 4 is 0 Å². The van der Waals surface area contributed by atoms with E-state index in [9.17, 15) is 4.39 Å². The number of aliphatic hydroxyl groups excluding tert-OH is 1. The number of benzene rings is 1. The Kier molecular flexibility index (Phi) is 4.03. The Morgan fingerprint density at radius 1 is 1.44 bits per heavy atom. The number of fused-ring (bicyclic) bond motifs is 1. The fourth-order valence-electron chi connectivity index (χ4n) is 2.58. The molecule has 3 heteroatoms. The predicted molar refractivity (Wildman–Crippen MR) is 70.9 cm³/mol. The first-order valence-electron chi connectivity index (χ1n) is 6.64. The van der Waals surface area contributed by atoms with Gasteiger partial charge in [-0.25, -0.2) is 4.39 Å². The molecule has 1 unspecified atom stereocenters. The molecule has 1 aromatic rings. The van der Waals surface area contributed by atoms with E-state index in [4.69, 9.17) is 5.11 Å². The first kappa shape index (κ1) is 13.5. The first-order chi connectivity index (χ1) is 8.52. The number of hydrogen-bond donors (Lipinski definition) is 2. The van der Waals surface area contributed by atoms with E-state index in [2.05, 4.69) is 19.2 Å². The van der Waals surface area contributed by atoms with Crippen LogP contribution in [0, 0.1) is 11.2 Å². The van der Waals surface area contributed by atoms with Crippen LogP contribution in [0.5, 0.6) is 0 Å². The minimum Gasteiger partial charge on any atom is -0.396 e. The van der Waals surface area contributed by atoms with E-state index in [-0.39, 0.29) is 23.9 Å². The van der Waals surface area contributed by atoms with E-state index < -0.39 is 0 Å². The molecular formula is C15H22FNO. The van der Waals surface area contributed by atoms with Crippen molar-refractivity contribution in [3.8, 4) is 0 Å². The molecule has 1 aliphatic rings. The van der Waals surface area contributed by atoms with Crippen molar-refractivity contribution in [2.45, 2.75) is 39.2 Å². The number of halogens is 1. The molecule has 2 rings (SSSR count). The fourth-order valence-corrected chi connectivity index (χ4v) is 2.58. The van der Waals surface area contributed by atoms with Gasteiger partial charge in [0.05, 0.1) is 0 Å². The van der Waals surface area contributed by atoms with Crippen LogP contribution in [-0.2, 0) is 6.42 Å². The zero-order chi connectivity index (χ0) is 13.2. The van der Waals surface area contributed by atoms with Crippen LogP contribution in [0.3, 0.4) is 0 Å². The summed E-state index contributed by atoms with van der Waals surface area (Å²) in [6.07, 6.45) is 2.84. The maximum Gasteiger partial charge on any atom is 0.123 e. The maximum atomic E-state index is 13.3. The van der Waals surface area contributed by atoms with Gasteiger partial charge in [-0.1, -0.05) is 19.9 Å². The van der Waals surface area contributed by atoms with Crippen molar-refractivity contribution in [1.29, 1.82) is 0 Å². The molecular weight excluding hydrogens is 229 g/mol. The molecule has 2 N–H and O–H groups in total. The molecule has 0 aliphatic heterocycles. The zero-order valence-electron chi connectivity index (χ0n) is 11.2. The minimum atomic E-state index is -0.155. The van der Waals surface area contributed by atoms with Crippen LogP contribution in [0.25, 0.3) is 0 Å². The summed E-state index contributed by atoms with van der Waals surface area (Å²) in [6, 6.07) is 5.34. The van der Waals surface area contributed by atoms with E-state index in [1.165, 1.54) is 11.6 Å². The van der Waals surface area contributed by atoms with Crippen LogP contribution in [0.1, 0.15) is 43.9 Å². The summed E-state index contributed by atoms with van der Waals surface area (Å²) in [7, 11) is 0. The number of aliphatic hydroxyl groups is 1. The van der Waals surface area contributed by atoms with Gasteiger partial charge in [-0.05, 0) is 47.9 Å². The summed E-state index contributed by atoms with van der Waals surface area (Å²) < 4.78 is 13.3. The average molecular weight is 251 g/mol. The lowest BCUT2D eigenvalue weighted by atomic mass is 9.89. The third-order valence-corrected chi connectivity index (χ3v) is 3.80. The highest BCUT2D eigenvalue weighted by atomic mass is 19.1. The molecule has 0 heterocycles. The molecule has 0 saturated carbocycles. The Balaban J connectivity index is 1.99. The van der Waals surface area contributed by atoms with Crippen LogP contribution in [-0.4, -0.2) is 18.3 Å². The summed E-state index contributed by atoms with van der Waals surface area (Å²) in [4.78, 5) is 0. The quantitative estimate of drug-likeness (QED) is 0.843. The van der Waals surface area contributed by atoms with E-state index >= 15 is 0 Å². The molecule has 0 bridgehead atoms. The highest BCUT2D eigenvalue weighted by molar-refractivity contribution is 5.34. The van der Waals surface area contributed by atoms with E-state index in [1.54, 1.807) is 6.07 Å². The largest absolute Gasteiger partial charge is 0.396 e. The smallest absolute Gasteiger partial charge is 0.123 e. The standard InChI is InChI=1S/C15H22FNO/c1-15(2,7-8-18)10-17-14-6-4-11-3-5-12(16)9-13(11)14/h3,5,9,14,17-18H,4,6-8,10H2,1-2H3. The number of aryl methyl sites for hydroxylation is 1. The average Bonchev–Trinajstić information content (AvgIpc) is 2.69. The molecule has 100 valence electrons. The molecule has 1 aliphatic carbocycles. The second-order valence-electron chi connectivity index (χ2n) is 5.95. The lowest BCUT2D eigenvalue weighted by Gasteiger charge is -2.26. The van der Waals surface area contributed by atoms with Crippen molar-refractivity contribution < 1.29 is 9.50 Å². The summed E-state index contributed by atoms with van der Waals surface area (Å²) in [5.41, 5.74) is 2.44. The summed E-state index contributed by atoms with van der Waals surface area (Å²) in [6.45, 7) is 5.33. The van der Waals surface area contributed by atoms with Gasteiger partial charge in [0.2, 0.25) is 0 Å². The lowest BCUT2D eigenvalue weighted by molar-refractivity contribution is 0.202. The number of nitrogens with one attached hydrogen (secondary N) is 1. The van der Waals surface area contributed by atoms with Crippen LogP contribution >= 0.6 is 0 Å². The molecule has 0 radical (unpaired) electrons. The van der Waals surface area contributed by atoms with Crippen molar-refractivity contribution in [1.82, 2.24) is 5.32 Å². The summed E-state index contributed by atoms with van der Waals surface area (Å²) in [5.74, 6) is -0.155. The van der Waals surface area contributed by atoms with Gasteiger partial charge in [0.25, 0.3) is 0 Å². The molecule has 2 nitrogen and oxygen atoms in total. The zero-order valence-corrected chi connectivity index (χ0v) is 11.2. The molecule has 0 amide bonds. The monoisotopic (exact) mass is 251 g/mol. The molecule has 0 saturated heterocycles. The number of hydrogen-bond acceptors (Lipinski definition) is 2. The molecule has 1 atom stereocenters. The Morgan fingerprint density at radius 2 is 2.22 bits per heavy atom. The predicted octanol–water partition coefficient (Wildman–Crippen LogP) is 2.81. The minimum absolute atomic E-state index is 0.0742. The van der Waals surface area contributed by atoms with Gasteiger partial charge in [0.15, 0.2) is 0 Å². The Morgan fingerprint density at radius 3 is 2.94 bits per heavy atom. The molecule has 1 aromatic carbocycles. The topological polar surface area (TPSA) is 32.3 Å². The molecule has 0 aromatic heterocycles. The lowest BCUT2D eigenvalue weighted by Crippen LogP contribution is -2.32. The number of rotatable bonds is 5. The molecule has 18 heavy (non-hydrogen) atoms. The van der Waals surface area contributed by atoms with Gasteiger partial charge in [0.1, 0.15) is 5.82 Å². The third-order valence-electron chi connectivity index (χ3n) is 3.80. The highest BCUT2D eigenvalue weighted by Crippen LogP contribution is 2.32. The molecule has 0 spiro atoms. The van der Waals surface area contributed by atoms with Crippen LogP contribution < -0.4 is 5.32 Å². The van der Waals surface area contributed by atoms with E-state index in [0.29, 0.717) is 0 Å². The van der Waals surface area contributed by atoms with Gasteiger partial charge >= 0.3 is 0 Å². The van der Waals surface area contributed by atoms with Crippen LogP contribution in [0.2, 0.25) is 0 Å². The van der Waals surface area contributed by atoms with Crippen molar-refractivity contribution in [3.05, 3.63) is 35.1 Å². The second-order valence-corrected chi connectivity index (χ2v) is 5.95.